The zero-order valence-corrected chi connectivity index (χ0v) is 19.7. The van der Waals surface area contributed by atoms with Gasteiger partial charge in [0.15, 0.2) is 6.61 Å². The molecule has 6 nitrogen and oxygen atoms in total. The summed E-state index contributed by atoms with van der Waals surface area (Å²) < 4.78 is 33.3. The number of para-hydroxylation sites is 1. The van der Waals surface area contributed by atoms with Gasteiger partial charge in [-0.05, 0) is 61.4 Å². The second-order valence-electron chi connectivity index (χ2n) is 7.82. The van der Waals surface area contributed by atoms with Crippen LogP contribution in [0.25, 0.3) is 0 Å². The average Bonchev–Trinajstić information content (AvgIpc) is 3.32. The molecule has 1 saturated carbocycles. The number of anilines is 1. The number of amides is 1. The summed E-state index contributed by atoms with van der Waals surface area (Å²) in [5, 5.41) is 2.89. The maximum Gasteiger partial charge on any atom is 0.262 e. The largest absolute Gasteiger partial charge is 0.484 e. The minimum Gasteiger partial charge on any atom is -0.484 e. The smallest absolute Gasteiger partial charge is 0.262 e. The van der Waals surface area contributed by atoms with Crippen LogP contribution >= 0.6 is 11.8 Å². The van der Waals surface area contributed by atoms with Gasteiger partial charge in [0.2, 0.25) is 10.0 Å². The van der Waals surface area contributed by atoms with E-state index >= 15 is 0 Å². The van der Waals surface area contributed by atoms with Crippen molar-refractivity contribution in [2.24, 2.45) is 0 Å². The monoisotopic (exact) mass is 482 g/mol. The highest BCUT2D eigenvalue weighted by Gasteiger charge is 2.22. The van der Waals surface area contributed by atoms with Gasteiger partial charge >= 0.3 is 0 Å². The molecule has 3 aromatic rings. The second-order valence-corrected chi connectivity index (χ2v) is 10.7. The summed E-state index contributed by atoms with van der Waals surface area (Å²) in [4.78, 5) is 14.7. The third-order valence-electron chi connectivity index (χ3n) is 5.31. The van der Waals surface area contributed by atoms with E-state index in [0.29, 0.717) is 11.4 Å². The molecule has 0 heterocycles. The van der Waals surface area contributed by atoms with Gasteiger partial charge < -0.3 is 10.1 Å². The highest BCUT2D eigenvalue weighted by molar-refractivity contribution is 7.99. The van der Waals surface area contributed by atoms with Gasteiger partial charge in [-0.25, -0.2) is 13.1 Å². The fraction of sp³-hybridized carbons (Fsp3) is 0.240. The van der Waals surface area contributed by atoms with E-state index in [1.54, 1.807) is 23.9 Å². The van der Waals surface area contributed by atoms with Crippen molar-refractivity contribution < 1.29 is 17.9 Å². The SMILES string of the molecule is O=C(COc1ccc(S(=O)(=O)NC2CCCC2)cc1)Nc1ccccc1Sc1ccccc1. The molecule has 0 unspecified atom stereocenters. The van der Waals surface area contributed by atoms with Crippen molar-refractivity contribution in [2.45, 2.75) is 46.4 Å². The maximum absolute atomic E-state index is 12.5. The lowest BCUT2D eigenvalue weighted by molar-refractivity contribution is -0.118. The van der Waals surface area contributed by atoms with Crippen molar-refractivity contribution in [2.75, 3.05) is 11.9 Å². The first-order valence-corrected chi connectivity index (χ1v) is 13.2. The molecule has 0 aromatic heterocycles. The Hall–Kier alpha value is -2.81. The summed E-state index contributed by atoms with van der Waals surface area (Å²) in [5.41, 5.74) is 0.708. The number of hydrogen-bond acceptors (Lipinski definition) is 5. The Balaban J connectivity index is 1.32. The molecule has 4 rings (SSSR count). The second kappa shape index (κ2) is 10.9. The van der Waals surface area contributed by atoms with Crippen LogP contribution in [0.4, 0.5) is 5.69 Å². The predicted molar refractivity (Wildman–Crippen MR) is 130 cm³/mol. The Bertz CT molecular complexity index is 1180. The van der Waals surface area contributed by atoms with Gasteiger partial charge in [-0.2, -0.15) is 0 Å². The molecule has 0 saturated heterocycles. The van der Waals surface area contributed by atoms with Crippen LogP contribution in [-0.2, 0) is 14.8 Å². The Morgan fingerprint density at radius 2 is 1.58 bits per heavy atom. The molecule has 0 spiro atoms. The number of nitrogens with one attached hydrogen (secondary N) is 2. The quantitative estimate of drug-likeness (QED) is 0.445. The van der Waals surface area contributed by atoms with Crippen LogP contribution in [0.1, 0.15) is 25.7 Å². The van der Waals surface area contributed by atoms with E-state index in [2.05, 4.69) is 10.0 Å². The summed E-state index contributed by atoms with van der Waals surface area (Å²) in [6, 6.07) is 23.7. The first-order chi connectivity index (χ1) is 16.0. The maximum atomic E-state index is 12.5. The van der Waals surface area contributed by atoms with Gasteiger partial charge in [-0.3, -0.25) is 4.79 Å². The van der Waals surface area contributed by atoms with Crippen molar-refractivity contribution in [1.29, 1.82) is 0 Å². The molecule has 172 valence electrons. The fourth-order valence-electron chi connectivity index (χ4n) is 3.66. The Kier molecular flexibility index (Phi) is 7.69. The van der Waals surface area contributed by atoms with Crippen LogP contribution in [0.3, 0.4) is 0 Å². The number of benzene rings is 3. The number of ether oxygens (including phenoxy) is 1. The molecule has 33 heavy (non-hydrogen) atoms. The molecule has 2 N–H and O–H groups in total. The minimum atomic E-state index is -3.55. The zero-order valence-electron chi connectivity index (χ0n) is 18.1. The Morgan fingerprint density at radius 3 is 2.30 bits per heavy atom. The molecule has 1 aliphatic carbocycles. The lowest BCUT2D eigenvalue weighted by Crippen LogP contribution is -2.32. The summed E-state index contributed by atoms with van der Waals surface area (Å²) in [5.74, 6) is 0.132. The molecule has 0 aliphatic heterocycles. The molecule has 8 heteroatoms. The number of carbonyl (C=O) groups is 1. The van der Waals surface area contributed by atoms with Crippen LogP contribution < -0.4 is 14.8 Å². The van der Waals surface area contributed by atoms with E-state index in [1.807, 2.05) is 54.6 Å². The molecule has 1 fully saturated rings. The fourth-order valence-corrected chi connectivity index (χ4v) is 5.88. The van der Waals surface area contributed by atoms with Crippen LogP contribution in [0, 0.1) is 0 Å². The van der Waals surface area contributed by atoms with Crippen molar-refractivity contribution in [3.63, 3.8) is 0 Å². The average molecular weight is 483 g/mol. The standard InChI is InChI=1S/C25H26N2O4S2/c28-25(26-23-12-6-7-13-24(23)32-21-10-2-1-3-11-21)18-31-20-14-16-22(17-15-20)33(29,30)27-19-8-4-5-9-19/h1-3,6-7,10-17,19,27H,4-5,8-9,18H2,(H,26,28). The van der Waals surface area contributed by atoms with E-state index in [1.165, 1.54) is 12.1 Å². The van der Waals surface area contributed by atoms with Crippen LogP contribution in [-0.4, -0.2) is 27.0 Å². The third kappa shape index (κ3) is 6.60. The topological polar surface area (TPSA) is 84.5 Å². The van der Waals surface area contributed by atoms with Gasteiger partial charge in [0.1, 0.15) is 5.75 Å². The molecule has 1 amide bonds. The lowest BCUT2D eigenvalue weighted by Gasteiger charge is -2.13. The summed E-state index contributed by atoms with van der Waals surface area (Å²) >= 11 is 1.57. The van der Waals surface area contributed by atoms with Crippen molar-refractivity contribution in [3.8, 4) is 5.75 Å². The number of rotatable bonds is 9. The van der Waals surface area contributed by atoms with Crippen molar-refractivity contribution >= 4 is 33.4 Å². The Labute approximate surface area is 198 Å². The van der Waals surface area contributed by atoms with Crippen molar-refractivity contribution in [1.82, 2.24) is 4.72 Å². The van der Waals surface area contributed by atoms with E-state index in [-0.39, 0.29) is 23.5 Å². The lowest BCUT2D eigenvalue weighted by atomic mass is 10.3. The first kappa shape index (κ1) is 23.4. The molecule has 1 aliphatic rings. The summed E-state index contributed by atoms with van der Waals surface area (Å²) in [6.45, 7) is -0.184. The van der Waals surface area contributed by atoms with Crippen LogP contribution in [0.2, 0.25) is 0 Å². The highest BCUT2D eigenvalue weighted by atomic mass is 32.2. The van der Waals surface area contributed by atoms with E-state index in [9.17, 15) is 13.2 Å². The summed E-state index contributed by atoms with van der Waals surface area (Å²) in [7, 11) is -3.55. The molecule has 3 aromatic carbocycles. The van der Waals surface area contributed by atoms with Gasteiger partial charge in [0, 0.05) is 15.8 Å². The molecule has 0 radical (unpaired) electrons. The highest BCUT2D eigenvalue weighted by Crippen LogP contribution is 2.33. The predicted octanol–water partition coefficient (Wildman–Crippen LogP) is 5.08. The molecular formula is C25H26N2O4S2. The summed E-state index contributed by atoms with van der Waals surface area (Å²) in [6.07, 6.45) is 3.86. The molecule has 0 bridgehead atoms. The minimum absolute atomic E-state index is 0.0116. The third-order valence-corrected chi connectivity index (χ3v) is 7.93. The van der Waals surface area contributed by atoms with Crippen LogP contribution in [0.5, 0.6) is 5.75 Å². The molecular weight excluding hydrogens is 456 g/mol. The van der Waals surface area contributed by atoms with Crippen LogP contribution in [0.15, 0.2) is 93.5 Å². The van der Waals surface area contributed by atoms with Gasteiger partial charge in [-0.15, -0.1) is 0 Å². The number of hydrogen-bond donors (Lipinski definition) is 2. The number of carbonyl (C=O) groups excluding carboxylic acids is 1. The Morgan fingerprint density at radius 1 is 0.909 bits per heavy atom. The van der Waals surface area contributed by atoms with Crippen molar-refractivity contribution in [3.05, 3.63) is 78.9 Å². The normalized spacial score (nSPS) is 14.2. The van der Waals surface area contributed by atoms with E-state index in [4.69, 9.17) is 4.74 Å². The van der Waals surface area contributed by atoms with Gasteiger partial charge in [-0.1, -0.05) is 54.9 Å². The van der Waals surface area contributed by atoms with E-state index < -0.39 is 10.0 Å². The zero-order chi connectivity index (χ0) is 23.1. The molecule has 0 atom stereocenters. The number of sulfonamides is 1. The first-order valence-electron chi connectivity index (χ1n) is 10.9. The van der Waals surface area contributed by atoms with E-state index in [0.717, 1.165) is 35.5 Å². The van der Waals surface area contributed by atoms with Gasteiger partial charge in [0.25, 0.3) is 5.91 Å². The van der Waals surface area contributed by atoms with Gasteiger partial charge in [0.05, 0.1) is 10.6 Å².